The topological polar surface area (TPSA) is 142 Å². The quantitative estimate of drug-likeness (QED) is 0.238. The molecule has 1 aromatic rings. The van der Waals surface area contributed by atoms with Crippen molar-refractivity contribution in [1.29, 1.82) is 0 Å². The van der Waals surface area contributed by atoms with E-state index in [0.717, 1.165) is 5.56 Å². The fourth-order valence-corrected chi connectivity index (χ4v) is 5.67. The molecule has 2 rings (SSSR count). The van der Waals surface area contributed by atoms with Crippen LogP contribution in [0.4, 0.5) is 4.79 Å². The van der Waals surface area contributed by atoms with Crippen LogP contribution in [0.5, 0.6) is 0 Å². The Morgan fingerprint density at radius 3 is 2.45 bits per heavy atom. The fourth-order valence-electron chi connectivity index (χ4n) is 4.82. The summed E-state index contributed by atoms with van der Waals surface area (Å²) in [4.78, 5) is 61.9. The maximum absolute atomic E-state index is 13.2. The summed E-state index contributed by atoms with van der Waals surface area (Å²) >= 11 is 0. The average molecular weight is 551 g/mol. The highest BCUT2D eigenvalue weighted by Gasteiger charge is 2.41. The first-order valence-corrected chi connectivity index (χ1v) is 14.5. The summed E-state index contributed by atoms with van der Waals surface area (Å²) in [7, 11) is -2.59. The van der Waals surface area contributed by atoms with E-state index < -0.39 is 43.4 Å². The molecule has 1 aliphatic rings. The largest absolute Gasteiger partial charge is 0.506 e. The lowest BCUT2D eigenvalue weighted by Gasteiger charge is -2.29. The maximum Gasteiger partial charge on any atom is 0.506 e. The van der Waals surface area contributed by atoms with Crippen molar-refractivity contribution in [2.24, 2.45) is 17.3 Å². The second-order valence-electron chi connectivity index (χ2n) is 10.9. The van der Waals surface area contributed by atoms with E-state index in [2.05, 4.69) is 10.6 Å². The van der Waals surface area contributed by atoms with E-state index in [9.17, 15) is 28.6 Å². The van der Waals surface area contributed by atoms with Crippen LogP contribution in [0.1, 0.15) is 58.9 Å². The Kier molecular flexibility index (Phi) is 12.3. The lowest BCUT2D eigenvalue weighted by molar-refractivity contribution is -0.132. The molecule has 0 radical (unpaired) electrons. The zero-order valence-corrected chi connectivity index (χ0v) is 23.6. The number of amides is 3. The van der Waals surface area contributed by atoms with Crippen molar-refractivity contribution < 1.29 is 33.4 Å². The number of nitrogens with zero attached hydrogens (tertiary/aromatic N) is 1. The Balaban J connectivity index is 2.06. The van der Waals surface area contributed by atoms with E-state index in [0.29, 0.717) is 38.5 Å². The van der Waals surface area contributed by atoms with Crippen LogP contribution in [-0.2, 0) is 30.3 Å². The minimum Gasteiger partial charge on any atom is -0.445 e. The molecule has 3 amide bonds. The Morgan fingerprint density at radius 1 is 1.18 bits per heavy atom. The Bertz CT molecular complexity index is 973. The Morgan fingerprint density at radius 2 is 1.87 bits per heavy atom. The van der Waals surface area contributed by atoms with Crippen LogP contribution in [0.2, 0.25) is 0 Å². The molecule has 11 heteroatoms. The van der Waals surface area contributed by atoms with Crippen LogP contribution >= 0.6 is 8.03 Å². The van der Waals surface area contributed by atoms with E-state index >= 15 is 0 Å². The molecule has 1 heterocycles. The number of carbonyl (C=O) groups excluding carboxylic acids is 4. The minimum atomic E-state index is -2.59. The highest BCUT2D eigenvalue weighted by molar-refractivity contribution is 7.38. The first kappa shape index (κ1) is 31.4. The molecule has 3 N–H and O–H groups in total. The molecule has 0 aromatic heterocycles. The van der Waals surface area contributed by atoms with Crippen LogP contribution in [0.15, 0.2) is 30.3 Å². The molecule has 0 bridgehead atoms. The van der Waals surface area contributed by atoms with Gasteiger partial charge in [0.05, 0.1) is 5.41 Å². The van der Waals surface area contributed by atoms with Gasteiger partial charge in [-0.2, -0.15) is 4.89 Å². The summed E-state index contributed by atoms with van der Waals surface area (Å²) in [5.74, 6) is -0.790. The number of hydrogen-bond acceptors (Lipinski definition) is 6. The highest BCUT2D eigenvalue weighted by Crippen LogP contribution is 2.32. The molecule has 0 spiro atoms. The van der Waals surface area contributed by atoms with E-state index in [1.165, 1.54) is 4.90 Å². The van der Waals surface area contributed by atoms with Gasteiger partial charge >= 0.3 is 14.1 Å². The van der Waals surface area contributed by atoms with Gasteiger partial charge in [-0.3, -0.25) is 14.5 Å². The molecule has 210 valence electrons. The molecule has 1 saturated heterocycles. The molecule has 4 atom stereocenters. The molecule has 0 aliphatic carbocycles. The van der Waals surface area contributed by atoms with Gasteiger partial charge < -0.3 is 20.2 Å². The second-order valence-corrected chi connectivity index (χ2v) is 11.9. The van der Waals surface area contributed by atoms with Crippen LogP contribution < -0.4 is 10.6 Å². The second kappa shape index (κ2) is 14.9. The smallest absolute Gasteiger partial charge is 0.445 e. The summed E-state index contributed by atoms with van der Waals surface area (Å²) in [6.07, 6.45) is 1.57. The van der Waals surface area contributed by atoms with Gasteiger partial charge in [-0.05, 0) is 47.6 Å². The van der Waals surface area contributed by atoms with Crippen molar-refractivity contribution in [2.45, 2.75) is 72.1 Å². The van der Waals surface area contributed by atoms with Crippen LogP contribution in [0.25, 0.3) is 0 Å². The first-order chi connectivity index (χ1) is 18.0. The maximum atomic E-state index is 13.2. The molecular weight excluding hydrogens is 509 g/mol. The molecule has 10 nitrogen and oxygen atoms in total. The van der Waals surface area contributed by atoms with Gasteiger partial charge in [-0.15, -0.1) is 0 Å². The van der Waals surface area contributed by atoms with Crippen LogP contribution in [0.3, 0.4) is 0 Å². The summed E-state index contributed by atoms with van der Waals surface area (Å²) in [5.41, 5.74) is -0.340. The SMILES string of the molecule is CC(C)C[C@H](NC(=O)[C@@H]1CCCN1C(=O)OCc1ccccc1)C(=O)NCC(C=O)(CC(C)C)C[P+](=O)O. The van der Waals surface area contributed by atoms with E-state index in [1.54, 1.807) is 0 Å². The van der Waals surface area contributed by atoms with Crippen molar-refractivity contribution >= 4 is 32.2 Å². The van der Waals surface area contributed by atoms with Crippen molar-refractivity contribution in [3.63, 3.8) is 0 Å². The number of ether oxygens (including phenoxy) is 1. The lowest BCUT2D eigenvalue weighted by atomic mass is 9.83. The number of hydrogen-bond donors (Lipinski definition) is 3. The summed E-state index contributed by atoms with van der Waals surface area (Å²) < 4.78 is 17.0. The van der Waals surface area contributed by atoms with E-state index in [1.807, 2.05) is 58.0 Å². The molecule has 0 saturated carbocycles. The summed E-state index contributed by atoms with van der Waals surface area (Å²) in [6, 6.07) is 7.60. The van der Waals surface area contributed by atoms with Crippen molar-refractivity contribution in [1.82, 2.24) is 15.5 Å². The predicted octanol–water partition coefficient (Wildman–Crippen LogP) is 3.40. The number of likely N-dealkylation sites (tertiary alicyclic amines) is 1. The Labute approximate surface area is 225 Å². The molecular formula is C27H41N3O7P+. The molecule has 2 unspecified atom stereocenters. The monoisotopic (exact) mass is 550 g/mol. The molecule has 1 fully saturated rings. The molecule has 1 aliphatic heterocycles. The predicted molar refractivity (Wildman–Crippen MR) is 143 cm³/mol. The number of nitrogens with one attached hydrogen (secondary N) is 2. The van der Waals surface area contributed by atoms with E-state index in [4.69, 9.17) is 4.74 Å². The Hall–Kier alpha value is -2.84. The number of aldehydes is 1. The van der Waals surface area contributed by atoms with Gasteiger partial charge in [0.25, 0.3) is 0 Å². The summed E-state index contributed by atoms with van der Waals surface area (Å²) in [5, 5.41) is 5.52. The molecule has 38 heavy (non-hydrogen) atoms. The highest BCUT2D eigenvalue weighted by atomic mass is 31.1. The number of benzene rings is 1. The van der Waals surface area contributed by atoms with Gasteiger partial charge in [0, 0.05) is 13.1 Å². The van der Waals surface area contributed by atoms with Crippen LogP contribution in [-0.4, -0.2) is 65.3 Å². The lowest BCUT2D eigenvalue weighted by Crippen LogP contribution is -2.54. The van der Waals surface area contributed by atoms with Crippen molar-refractivity contribution in [3.05, 3.63) is 35.9 Å². The minimum absolute atomic E-state index is 0.0632. The van der Waals surface area contributed by atoms with Gasteiger partial charge in [0.2, 0.25) is 11.8 Å². The third kappa shape index (κ3) is 9.80. The van der Waals surface area contributed by atoms with Crippen molar-refractivity contribution in [3.8, 4) is 0 Å². The van der Waals surface area contributed by atoms with Gasteiger partial charge in [-0.1, -0.05) is 58.0 Å². The van der Waals surface area contributed by atoms with Gasteiger partial charge in [-0.25, -0.2) is 4.79 Å². The normalized spacial score (nSPS) is 18.0. The zero-order chi connectivity index (χ0) is 28.3. The fraction of sp³-hybridized carbons (Fsp3) is 0.630. The standard InChI is InChI=1S/C27H40N3O7P/c1-19(2)13-22(24(32)28-16-27(17-31,14-20(3)4)18-38(35)36)29-25(33)23-11-8-12-30(23)26(34)37-15-21-9-6-5-7-10-21/h5-7,9-10,17,19-20,22-23H,8,11-16,18H2,1-4H3,(H2-,28,29,32,33,35,36)/p+1/t22-,23-,27?/m0/s1. The summed E-state index contributed by atoms with van der Waals surface area (Å²) in [6.45, 7) is 7.98. The third-order valence-corrected chi connectivity index (χ3v) is 7.37. The average Bonchev–Trinajstić information content (AvgIpc) is 3.35. The van der Waals surface area contributed by atoms with E-state index in [-0.39, 0.29) is 31.1 Å². The molecule has 1 aromatic carbocycles. The van der Waals surface area contributed by atoms with Gasteiger partial charge in [0.15, 0.2) is 6.16 Å². The first-order valence-electron chi connectivity index (χ1n) is 13.1. The van der Waals surface area contributed by atoms with Gasteiger partial charge in [0.1, 0.15) is 25.0 Å². The number of rotatable bonds is 14. The zero-order valence-electron chi connectivity index (χ0n) is 22.7. The van der Waals surface area contributed by atoms with Crippen LogP contribution in [0, 0.1) is 17.3 Å². The number of carbonyl (C=O) groups is 4. The van der Waals surface area contributed by atoms with Crippen molar-refractivity contribution in [2.75, 3.05) is 19.3 Å². The third-order valence-electron chi connectivity index (χ3n) is 6.46.